The molecule has 0 radical (unpaired) electrons. The average Bonchev–Trinajstić information content (AvgIpc) is 2.82. The largest absolute Gasteiger partial charge is 0.354 e. The van der Waals surface area contributed by atoms with E-state index in [0.717, 1.165) is 40.4 Å². The normalized spacial score (nSPS) is 12.8. The summed E-state index contributed by atoms with van der Waals surface area (Å²) in [5, 5.41) is 5.64. The molecular weight excluding hydrogens is 286 g/mol. The minimum atomic E-state index is 0.719. The van der Waals surface area contributed by atoms with Crippen LogP contribution < -0.4 is 5.32 Å². The summed E-state index contributed by atoms with van der Waals surface area (Å²) in [7, 11) is 0. The number of anilines is 1. The monoisotopic (exact) mass is 309 g/mol. The number of aromatic nitrogens is 2. The molecule has 2 rings (SSSR count). The second-order valence-electron chi connectivity index (χ2n) is 5.18. The summed E-state index contributed by atoms with van der Waals surface area (Å²) in [6, 6.07) is 2.21. The zero-order valence-electron chi connectivity index (χ0n) is 12.7. The maximum absolute atomic E-state index is 4.71. The van der Waals surface area contributed by atoms with Crippen LogP contribution in [-0.2, 0) is 0 Å². The Labute approximate surface area is 129 Å². The van der Waals surface area contributed by atoms with E-state index >= 15 is 0 Å². The zero-order chi connectivity index (χ0) is 14.5. The van der Waals surface area contributed by atoms with Crippen LogP contribution in [0, 0.1) is 12.8 Å². The molecule has 0 saturated heterocycles. The Balaban J connectivity index is 2.28. The van der Waals surface area contributed by atoms with E-state index in [9.17, 15) is 0 Å². The quantitative estimate of drug-likeness (QED) is 0.579. The number of hydrogen-bond donors (Lipinski definition) is 1. The highest BCUT2D eigenvalue weighted by molar-refractivity contribution is 7.99. The Morgan fingerprint density at radius 2 is 2.15 bits per heavy atom. The fraction of sp³-hybridized carbons (Fsp3) is 0.600. The third kappa shape index (κ3) is 3.85. The van der Waals surface area contributed by atoms with Crippen molar-refractivity contribution in [2.24, 2.45) is 5.92 Å². The molecule has 0 aliphatic heterocycles. The van der Waals surface area contributed by atoms with Crippen molar-refractivity contribution in [3.05, 3.63) is 10.9 Å². The van der Waals surface area contributed by atoms with Crippen LogP contribution in [0.1, 0.15) is 38.5 Å². The topological polar surface area (TPSA) is 37.8 Å². The third-order valence-electron chi connectivity index (χ3n) is 3.22. The van der Waals surface area contributed by atoms with E-state index in [4.69, 9.17) is 4.98 Å². The van der Waals surface area contributed by atoms with Gasteiger partial charge in [0.05, 0.1) is 0 Å². The van der Waals surface area contributed by atoms with Crippen LogP contribution in [0.15, 0.2) is 11.1 Å². The first-order valence-corrected chi connectivity index (χ1v) is 9.09. The molecule has 1 atom stereocenters. The van der Waals surface area contributed by atoms with Crippen molar-refractivity contribution in [1.82, 2.24) is 9.97 Å². The number of thioether (sulfide) groups is 1. The molecule has 2 aromatic rings. The fourth-order valence-electron chi connectivity index (χ4n) is 1.78. The van der Waals surface area contributed by atoms with Gasteiger partial charge in [-0.3, -0.25) is 0 Å². The van der Waals surface area contributed by atoms with Gasteiger partial charge in [0.25, 0.3) is 0 Å². The van der Waals surface area contributed by atoms with Gasteiger partial charge in [0, 0.05) is 22.6 Å². The molecule has 0 aliphatic rings. The van der Waals surface area contributed by atoms with E-state index in [1.165, 1.54) is 16.7 Å². The number of fused-ring (bicyclic) bond motifs is 1. The number of hydrogen-bond acceptors (Lipinski definition) is 5. The Morgan fingerprint density at radius 3 is 2.85 bits per heavy atom. The van der Waals surface area contributed by atoms with Gasteiger partial charge < -0.3 is 5.32 Å². The standard InChI is InChI=1S/C15H23N3S2/c1-5-7-16-15-17-13(19-9-10(3)6-2)12-8-11(4)20-14(12)18-15/h8,10H,5-7,9H2,1-4H3,(H,16,17,18). The highest BCUT2D eigenvalue weighted by Gasteiger charge is 2.12. The fourth-order valence-corrected chi connectivity index (χ4v) is 3.86. The average molecular weight is 310 g/mol. The van der Waals surface area contributed by atoms with Crippen LogP contribution in [0.5, 0.6) is 0 Å². The van der Waals surface area contributed by atoms with Crippen molar-refractivity contribution in [3.8, 4) is 0 Å². The van der Waals surface area contributed by atoms with Crippen molar-refractivity contribution in [2.45, 2.75) is 45.6 Å². The zero-order valence-corrected chi connectivity index (χ0v) is 14.3. The SMILES string of the molecule is CCCNc1nc(SCC(C)CC)c2cc(C)sc2n1. The van der Waals surface area contributed by atoms with Crippen molar-refractivity contribution in [2.75, 3.05) is 17.6 Å². The van der Waals surface area contributed by atoms with Crippen LogP contribution in [-0.4, -0.2) is 22.3 Å². The number of thiophene rings is 1. The minimum absolute atomic E-state index is 0.719. The van der Waals surface area contributed by atoms with Crippen LogP contribution in [0.4, 0.5) is 5.95 Å². The first-order chi connectivity index (χ1) is 9.63. The van der Waals surface area contributed by atoms with Gasteiger partial charge in [-0.1, -0.05) is 27.2 Å². The van der Waals surface area contributed by atoms with E-state index in [1.807, 2.05) is 11.8 Å². The molecule has 0 aromatic carbocycles. The number of nitrogens with one attached hydrogen (secondary N) is 1. The van der Waals surface area contributed by atoms with Crippen LogP contribution in [0.25, 0.3) is 10.2 Å². The molecule has 0 bridgehead atoms. The van der Waals surface area contributed by atoms with Crippen molar-refractivity contribution >= 4 is 39.3 Å². The predicted octanol–water partition coefficient (Wildman–Crippen LogP) is 4.96. The van der Waals surface area contributed by atoms with Crippen molar-refractivity contribution in [1.29, 1.82) is 0 Å². The number of rotatable bonds is 7. The van der Waals surface area contributed by atoms with Gasteiger partial charge in [-0.25, -0.2) is 9.97 Å². The maximum atomic E-state index is 4.71. The van der Waals surface area contributed by atoms with Crippen LogP contribution in [0.2, 0.25) is 0 Å². The van der Waals surface area contributed by atoms with E-state index in [0.29, 0.717) is 0 Å². The molecule has 2 aromatic heterocycles. The molecule has 1 unspecified atom stereocenters. The van der Waals surface area contributed by atoms with Gasteiger partial charge in [0.15, 0.2) is 0 Å². The highest BCUT2D eigenvalue weighted by atomic mass is 32.2. The summed E-state index contributed by atoms with van der Waals surface area (Å²) in [5.41, 5.74) is 0. The van der Waals surface area contributed by atoms with Gasteiger partial charge in [-0.05, 0) is 25.3 Å². The Hall–Kier alpha value is -0.810. The Bertz CT molecular complexity index is 565. The molecule has 110 valence electrons. The molecule has 20 heavy (non-hydrogen) atoms. The number of nitrogens with zero attached hydrogens (tertiary/aromatic N) is 2. The maximum Gasteiger partial charge on any atom is 0.225 e. The Kier molecular flexibility index (Phi) is 5.66. The summed E-state index contributed by atoms with van der Waals surface area (Å²) in [4.78, 5) is 11.7. The molecule has 2 heterocycles. The summed E-state index contributed by atoms with van der Waals surface area (Å²) >= 11 is 3.61. The molecule has 0 spiro atoms. The van der Waals surface area contributed by atoms with E-state index in [1.54, 1.807) is 11.3 Å². The second kappa shape index (κ2) is 7.27. The minimum Gasteiger partial charge on any atom is -0.354 e. The lowest BCUT2D eigenvalue weighted by atomic mass is 10.2. The first kappa shape index (κ1) is 15.6. The lowest BCUT2D eigenvalue weighted by molar-refractivity contribution is 0.636. The second-order valence-corrected chi connectivity index (χ2v) is 7.42. The van der Waals surface area contributed by atoms with E-state index in [-0.39, 0.29) is 0 Å². The molecule has 0 saturated carbocycles. The lowest BCUT2D eigenvalue weighted by Gasteiger charge is -2.09. The van der Waals surface area contributed by atoms with Gasteiger partial charge in [-0.15, -0.1) is 23.1 Å². The predicted molar refractivity (Wildman–Crippen MR) is 91.1 cm³/mol. The smallest absolute Gasteiger partial charge is 0.225 e. The molecule has 5 heteroatoms. The first-order valence-electron chi connectivity index (χ1n) is 7.28. The van der Waals surface area contributed by atoms with Crippen LogP contribution >= 0.6 is 23.1 Å². The molecular formula is C15H23N3S2. The molecule has 1 N–H and O–H groups in total. The summed E-state index contributed by atoms with van der Waals surface area (Å²) < 4.78 is 0. The Morgan fingerprint density at radius 1 is 1.35 bits per heavy atom. The van der Waals surface area contributed by atoms with Crippen molar-refractivity contribution < 1.29 is 0 Å². The molecule has 0 aliphatic carbocycles. The van der Waals surface area contributed by atoms with Crippen LogP contribution in [0.3, 0.4) is 0 Å². The molecule has 0 fully saturated rings. The number of aryl methyl sites for hydroxylation is 1. The lowest BCUT2D eigenvalue weighted by Crippen LogP contribution is -2.05. The third-order valence-corrected chi connectivity index (χ3v) is 5.48. The van der Waals surface area contributed by atoms with Crippen molar-refractivity contribution in [3.63, 3.8) is 0 Å². The van der Waals surface area contributed by atoms with Gasteiger partial charge in [0.1, 0.15) is 9.86 Å². The summed E-state index contributed by atoms with van der Waals surface area (Å²) in [5.74, 6) is 2.61. The molecule has 3 nitrogen and oxygen atoms in total. The highest BCUT2D eigenvalue weighted by Crippen LogP contribution is 2.33. The van der Waals surface area contributed by atoms with E-state index < -0.39 is 0 Å². The van der Waals surface area contributed by atoms with Gasteiger partial charge in [0.2, 0.25) is 5.95 Å². The van der Waals surface area contributed by atoms with Gasteiger partial charge >= 0.3 is 0 Å². The summed E-state index contributed by atoms with van der Waals surface area (Å²) in [6.45, 7) is 9.74. The van der Waals surface area contributed by atoms with Gasteiger partial charge in [-0.2, -0.15) is 0 Å². The summed E-state index contributed by atoms with van der Waals surface area (Å²) in [6.07, 6.45) is 2.30. The van der Waals surface area contributed by atoms with E-state index in [2.05, 4.69) is 44.1 Å². The molecule has 0 amide bonds.